The average Bonchev–Trinajstić information content (AvgIpc) is 2.12. The van der Waals surface area contributed by atoms with Crippen molar-refractivity contribution in [2.75, 3.05) is 13.2 Å². The summed E-state index contributed by atoms with van der Waals surface area (Å²) in [6, 6.07) is 3.80. The average molecular weight is 194 g/mol. The minimum Gasteiger partial charge on any atom is -0.469 e. The van der Waals surface area contributed by atoms with Gasteiger partial charge in [-0.25, -0.2) is 4.98 Å². The highest BCUT2D eigenvalue weighted by molar-refractivity contribution is 5.20. The fourth-order valence-electron chi connectivity index (χ4n) is 1.18. The Bertz CT molecular complexity index is 293. The van der Waals surface area contributed by atoms with Crippen LogP contribution in [0.1, 0.15) is 18.5 Å². The van der Waals surface area contributed by atoms with Crippen LogP contribution in [0.3, 0.4) is 0 Å². The topological polar surface area (TPSA) is 57.4 Å². The summed E-state index contributed by atoms with van der Waals surface area (Å²) in [6.07, 6.45) is 1.92. The van der Waals surface area contributed by atoms with E-state index >= 15 is 0 Å². The molecule has 1 aliphatic heterocycles. The summed E-state index contributed by atoms with van der Waals surface area (Å²) in [5.74, 6) is 0.641. The second kappa shape index (κ2) is 3.94. The molecule has 0 amide bonds. The number of nitrogens with zero attached hydrogens (tertiary/aromatic N) is 1. The maximum atomic E-state index is 5.70. The largest absolute Gasteiger partial charge is 0.469 e. The molecular weight excluding hydrogens is 180 g/mol. The van der Waals surface area contributed by atoms with Gasteiger partial charge in [0.25, 0.3) is 0 Å². The van der Waals surface area contributed by atoms with E-state index in [0.29, 0.717) is 19.1 Å². The van der Waals surface area contributed by atoms with Gasteiger partial charge in [0.2, 0.25) is 5.88 Å². The van der Waals surface area contributed by atoms with Crippen molar-refractivity contribution >= 4 is 0 Å². The smallest absolute Gasteiger partial charge is 0.213 e. The van der Waals surface area contributed by atoms with E-state index in [2.05, 4.69) is 4.98 Å². The first-order chi connectivity index (χ1) is 6.75. The lowest BCUT2D eigenvalue weighted by Crippen LogP contribution is -2.38. The lowest BCUT2D eigenvalue weighted by atomic mass is 10.2. The molecule has 76 valence electrons. The van der Waals surface area contributed by atoms with Gasteiger partial charge in [-0.2, -0.15) is 0 Å². The first-order valence-corrected chi connectivity index (χ1v) is 4.71. The zero-order valence-electron chi connectivity index (χ0n) is 8.14. The monoisotopic (exact) mass is 194 g/mol. The predicted octanol–water partition coefficient (Wildman–Crippen LogP) is 0.879. The summed E-state index contributed by atoms with van der Waals surface area (Å²) >= 11 is 0. The molecule has 14 heavy (non-hydrogen) atoms. The summed E-state index contributed by atoms with van der Waals surface area (Å²) in [5, 5.41) is 0. The van der Waals surface area contributed by atoms with Crippen LogP contribution in [-0.2, 0) is 4.74 Å². The number of rotatable bonds is 3. The van der Waals surface area contributed by atoms with Crippen LogP contribution in [0.15, 0.2) is 18.3 Å². The van der Waals surface area contributed by atoms with Crippen molar-refractivity contribution in [1.82, 2.24) is 4.98 Å². The van der Waals surface area contributed by atoms with Crippen LogP contribution >= 0.6 is 0 Å². The van der Waals surface area contributed by atoms with Gasteiger partial charge < -0.3 is 15.2 Å². The molecule has 1 fully saturated rings. The lowest BCUT2D eigenvalue weighted by molar-refractivity contribution is -0.0813. The fourth-order valence-corrected chi connectivity index (χ4v) is 1.18. The van der Waals surface area contributed by atoms with Crippen LogP contribution in [-0.4, -0.2) is 24.3 Å². The second-order valence-corrected chi connectivity index (χ2v) is 3.50. The van der Waals surface area contributed by atoms with Crippen LogP contribution in [0.4, 0.5) is 0 Å². The van der Waals surface area contributed by atoms with Crippen molar-refractivity contribution in [3.63, 3.8) is 0 Å². The maximum Gasteiger partial charge on any atom is 0.213 e. The zero-order valence-corrected chi connectivity index (χ0v) is 8.14. The predicted molar refractivity (Wildman–Crippen MR) is 52.1 cm³/mol. The number of hydrogen-bond donors (Lipinski definition) is 1. The molecule has 0 bridgehead atoms. The van der Waals surface area contributed by atoms with Gasteiger partial charge in [0.05, 0.1) is 13.2 Å². The van der Waals surface area contributed by atoms with Crippen LogP contribution in [0, 0.1) is 0 Å². The fraction of sp³-hybridized carbons (Fsp3) is 0.500. The highest BCUT2D eigenvalue weighted by Gasteiger charge is 2.20. The van der Waals surface area contributed by atoms with E-state index in [1.807, 2.05) is 19.1 Å². The highest BCUT2D eigenvalue weighted by Crippen LogP contribution is 2.15. The normalized spacial score (nSPS) is 18.7. The van der Waals surface area contributed by atoms with Crippen molar-refractivity contribution in [2.24, 2.45) is 5.73 Å². The molecule has 1 atom stereocenters. The van der Waals surface area contributed by atoms with Crippen LogP contribution in [0.25, 0.3) is 0 Å². The van der Waals surface area contributed by atoms with Crippen molar-refractivity contribution in [3.8, 4) is 5.88 Å². The molecule has 2 rings (SSSR count). The molecule has 1 aliphatic rings. The van der Waals surface area contributed by atoms with E-state index in [1.54, 1.807) is 6.20 Å². The molecule has 0 aliphatic carbocycles. The van der Waals surface area contributed by atoms with Crippen LogP contribution in [0.5, 0.6) is 5.88 Å². The summed E-state index contributed by atoms with van der Waals surface area (Å²) in [6.45, 7) is 3.25. The summed E-state index contributed by atoms with van der Waals surface area (Å²) in [4.78, 5) is 4.16. The van der Waals surface area contributed by atoms with Gasteiger partial charge in [-0.05, 0) is 12.5 Å². The Morgan fingerprint density at radius 1 is 1.57 bits per heavy atom. The van der Waals surface area contributed by atoms with E-state index in [4.69, 9.17) is 15.2 Å². The minimum absolute atomic E-state index is 0.0172. The minimum atomic E-state index is 0.0172. The van der Waals surface area contributed by atoms with Gasteiger partial charge >= 0.3 is 0 Å². The molecule has 1 saturated heterocycles. The highest BCUT2D eigenvalue weighted by atomic mass is 16.6. The number of ether oxygens (including phenoxy) is 2. The number of aromatic nitrogens is 1. The van der Waals surface area contributed by atoms with Gasteiger partial charge in [0.15, 0.2) is 0 Å². The van der Waals surface area contributed by atoms with Crippen LogP contribution < -0.4 is 10.5 Å². The Morgan fingerprint density at radius 3 is 2.79 bits per heavy atom. The molecule has 2 heterocycles. The molecular formula is C10H14N2O2. The lowest BCUT2D eigenvalue weighted by Gasteiger charge is -2.26. The number of pyridine rings is 1. The van der Waals surface area contributed by atoms with E-state index in [9.17, 15) is 0 Å². The third kappa shape index (κ3) is 2.02. The third-order valence-corrected chi connectivity index (χ3v) is 2.18. The van der Waals surface area contributed by atoms with Crippen molar-refractivity contribution in [1.29, 1.82) is 0 Å². The van der Waals surface area contributed by atoms with Crippen molar-refractivity contribution in [2.45, 2.75) is 19.1 Å². The molecule has 0 radical (unpaired) electrons. The molecule has 2 N–H and O–H groups in total. The summed E-state index contributed by atoms with van der Waals surface area (Å²) in [5.41, 5.74) is 6.72. The second-order valence-electron chi connectivity index (χ2n) is 3.50. The van der Waals surface area contributed by atoms with Gasteiger partial charge in [0, 0.05) is 18.3 Å². The molecule has 4 heteroatoms. The maximum absolute atomic E-state index is 5.70. The van der Waals surface area contributed by atoms with Crippen molar-refractivity contribution < 1.29 is 9.47 Å². The molecule has 1 aromatic heterocycles. The van der Waals surface area contributed by atoms with Gasteiger partial charge in [-0.15, -0.1) is 0 Å². The first kappa shape index (κ1) is 9.43. The van der Waals surface area contributed by atoms with Gasteiger partial charge in [-0.1, -0.05) is 6.07 Å². The SMILES string of the molecule is C[C@H](N)c1ccc(OC2COC2)nc1. The van der Waals surface area contributed by atoms with E-state index in [1.165, 1.54) is 0 Å². The molecule has 0 aromatic carbocycles. The standard InChI is InChI=1S/C10H14N2O2/c1-7(11)8-2-3-10(12-4-8)14-9-5-13-6-9/h2-4,7,9H,5-6,11H2,1H3/t7-/m0/s1. The van der Waals surface area contributed by atoms with Gasteiger partial charge in [-0.3, -0.25) is 0 Å². The van der Waals surface area contributed by atoms with E-state index < -0.39 is 0 Å². The molecule has 4 nitrogen and oxygen atoms in total. The van der Waals surface area contributed by atoms with Crippen LogP contribution in [0.2, 0.25) is 0 Å². The van der Waals surface area contributed by atoms with Gasteiger partial charge in [0.1, 0.15) is 6.10 Å². The quantitative estimate of drug-likeness (QED) is 0.776. The Morgan fingerprint density at radius 2 is 2.36 bits per heavy atom. The molecule has 0 saturated carbocycles. The van der Waals surface area contributed by atoms with E-state index in [0.717, 1.165) is 5.56 Å². The summed E-state index contributed by atoms with van der Waals surface area (Å²) < 4.78 is 10.5. The Kier molecular flexibility index (Phi) is 2.65. The third-order valence-electron chi connectivity index (χ3n) is 2.18. The van der Waals surface area contributed by atoms with Crippen molar-refractivity contribution in [3.05, 3.63) is 23.9 Å². The number of hydrogen-bond acceptors (Lipinski definition) is 4. The molecule has 0 unspecified atom stereocenters. The zero-order chi connectivity index (χ0) is 9.97. The number of nitrogens with two attached hydrogens (primary N) is 1. The molecule has 0 spiro atoms. The summed E-state index contributed by atoms with van der Waals surface area (Å²) in [7, 11) is 0. The first-order valence-electron chi connectivity index (χ1n) is 4.71. The Labute approximate surface area is 83.0 Å². The Balaban J connectivity index is 1.98. The Hall–Kier alpha value is -1.13. The van der Waals surface area contributed by atoms with E-state index in [-0.39, 0.29) is 12.1 Å². The molecule has 1 aromatic rings.